The summed E-state index contributed by atoms with van der Waals surface area (Å²) in [5.74, 6) is -3.01. The summed E-state index contributed by atoms with van der Waals surface area (Å²) in [4.78, 5) is 8.68. The van der Waals surface area contributed by atoms with Gasteiger partial charge in [0.1, 0.15) is 34.4 Å². The van der Waals surface area contributed by atoms with Crippen molar-refractivity contribution < 1.29 is 35.1 Å². The molecule has 1 saturated heterocycles. The van der Waals surface area contributed by atoms with Gasteiger partial charge in [-0.25, -0.2) is 27.2 Å². The zero-order valence-electron chi connectivity index (χ0n) is 19.8. The van der Waals surface area contributed by atoms with Crippen molar-refractivity contribution in [2.24, 2.45) is 5.92 Å². The van der Waals surface area contributed by atoms with Gasteiger partial charge >= 0.3 is 6.18 Å². The van der Waals surface area contributed by atoms with Gasteiger partial charge in [-0.3, -0.25) is 9.62 Å². The number of hydrogen-bond donors (Lipinski definition) is 1. The highest BCUT2D eigenvalue weighted by Crippen LogP contribution is 2.48. The zero-order chi connectivity index (χ0) is 27.1. The van der Waals surface area contributed by atoms with Crippen molar-refractivity contribution in [3.05, 3.63) is 77.8 Å². The van der Waals surface area contributed by atoms with E-state index in [1.54, 1.807) is 0 Å². The highest BCUT2D eigenvalue weighted by molar-refractivity contribution is 7.92. The lowest BCUT2D eigenvalue weighted by Crippen LogP contribution is -2.44. The number of rotatable bonds is 5. The fraction of sp³-hybridized carbons (Fsp3) is 0.360. The molecule has 0 amide bonds. The SMILES string of the molecule is O=S(=O)(Nc1ccncn1)c1cc2c(cc1F)C(N1CCC(C(F)(F)F)CC1c1ccc(F)cc1)CCO2. The Bertz CT molecular complexity index is 1400. The first kappa shape index (κ1) is 26.3. The highest BCUT2D eigenvalue weighted by Gasteiger charge is 2.46. The average molecular weight is 555 g/mol. The van der Waals surface area contributed by atoms with Crippen LogP contribution in [0.2, 0.25) is 0 Å². The first-order chi connectivity index (χ1) is 18.0. The molecule has 2 aliphatic rings. The molecule has 0 bridgehead atoms. The van der Waals surface area contributed by atoms with Crippen LogP contribution in [-0.4, -0.2) is 42.6 Å². The number of anilines is 1. The Kier molecular flexibility index (Phi) is 6.99. The third-order valence-corrected chi connectivity index (χ3v) is 8.31. The molecule has 3 unspecified atom stereocenters. The van der Waals surface area contributed by atoms with Crippen LogP contribution in [0.3, 0.4) is 0 Å². The highest BCUT2D eigenvalue weighted by atomic mass is 32.2. The second kappa shape index (κ2) is 10.1. The normalized spacial score (nSPS) is 22.4. The summed E-state index contributed by atoms with van der Waals surface area (Å²) in [6, 6.07) is 7.51. The van der Waals surface area contributed by atoms with Crippen molar-refractivity contribution in [1.29, 1.82) is 0 Å². The quantitative estimate of drug-likeness (QED) is 0.426. The van der Waals surface area contributed by atoms with Crippen LogP contribution in [0.15, 0.2) is 59.9 Å². The number of nitrogens with zero attached hydrogens (tertiary/aromatic N) is 3. The van der Waals surface area contributed by atoms with E-state index >= 15 is 4.39 Å². The van der Waals surface area contributed by atoms with Crippen molar-refractivity contribution in [2.75, 3.05) is 17.9 Å². The van der Waals surface area contributed by atoms with Crippen molar-refractivity contribution in [3.63, 3.8) is 0 Å². The Hall–Kier alpha value is -3.32. The standard InChI is InChI=1S/C25H23F5N4O3S/c26-17-3-1-15(2-4-17)21-11-16(25(28,29)30)6-9-34(21)20-7-10-37-22-13-23(19(27)12-18(20)22)38(35,36)33-24-5-8-31-14-32-24/h1-5,8,12-14,16,20-21H,6-7,9-11H2,(H,31,32,33). The van der Waals surface area contributed by atoms with Crippen molar-refractivity contribution in [2.45, 2.75) is 42.4 Å². The molecule has 2 aliphatic heterocycles. The monoisotopic (exact) mass is 554 g/mol. The summed E-state index contributed by atoms with van der Waals surface area (Å²) in [5.41, 5.74) is 0.856. The largest absolute Gasteiger partial charge is 0.493 e. The van der Waals surface area contributed by atoms with Gasteiger partial charge in [0.15, 0.2) is 0 Å². The second-order valence-electron chi connectivity index (χ2n) is 9.24. The molecule has 1 fully saturated rings. The number of sulfonamides is 1. The smallest absolute Gasteiger partial charge is 0.391 e. The second-order valence-corrected chi connectivity index (χ2v) is 10.9. The molecule has 13 heteroatoms. The van der Waals surface area contributed by atoms with E-state index in [2.05, 4.69) is 14.7 Å². The summed E-state index contributed by atoms with van der Waals surface area (Å²) in [5, 5.41) is 0. The van der Waals surface area contributed by atoms with Crippen LogP contribution in [-0.2, 0) is 10.0 Å². The molecule has 3 aromatic rings. The van der Waals surface area contributed by atoms with Gasteiger partial charge in [0, 0.05) is 36.3 Å². The van der Waals surface area contributed by atoms with E-state index in [4.69, 9.17) is 4.74 Å². The topological polar surface area (TPSA) is 84.4 Å². The molecule has 0 aliphatic carbocycles. The first-order valence-corrected chi connectivity index (χ1v) is 13.3. The summed E-state index contributed by atoms with van der Waals surface area (Å²) in [6.07, 6.45) is -1.96. The molecule has 0 spiro atoms. The number of nitrogens with one attached hydrogen (secondary N) is 1. The molecule has 1 N–H and O–H groups in total. The number of alkyl halides is 3. The Morgan fingerprint density at radius 3 is 2.47 bits per heavy atom. The number of ether oxygens (including phenoxy) is 1. The summed E-state index contributed by atoms with van der Waals surface area (Å²) >= 11 is 0. The van der Waals surface area contributed by atoms with Crippen LogP contribution >= 0.6 is 0 Å². The number of likely N-dealkylation sites (tertiary alicyclic amines) is 1. The Balaban J connectivity index is 1.49. The third kappa shape index (κ3) is 5.30. The maximum Gasteiger partial charge on any atom is 0.391 e. The van der Waals surface area contributed by atoms with Crippen LogP contribution in [0.25, 0.3) is 0 Å². The maximum atomic E-state index is 15.3. The molecular weight excluding hydrogens is 531 g/mol. The number of fused-ring (bicyclic) bond motifs is 1. The van der Waals surface area contributed by atoms with E-state index in [0.29, 0.717) is 17.5 Å². The lowest BCUT2D eigenvalue weighted by molar-refractivity contribution is -0.192. The van der Waals surface area contributed by atoms with Gasteiger partial charge in [-0.1, -0.05) is 12.1 Å². The van der Waals surface area contributed by atoms with Gasteiger partial charge in [-0.15, -0.1) is 0 Å². The summed E-state index contributed by atoms with van der Waals surface area (Å²) in [7, 11) is -4.37. The zero-order valence-corrected chi connectivity index (χ0v) is 20.6. The predicted molar refractivity (Wildman–Crippen MR) is 127 cm³/mol. The van der Waals surface area contributed by atoms with Crippen LogP contribution in [0, 0.1) is 17.6 Å². The van der Waals surface area contributed by atoms with Gasteiger partial charge in [-0.2, -0.15) is 13.2 Å². The van der Waals surface area contributed by atoms with Gasteiger partial charge in [0.05, 0.1) is 12.5 Å². The Morgan fingerprint density at radius 1 is 1.03 bits per heavy atom. The molecule has 202 valence electrons. The minimum absolute atomic E-state index is 0.0504. The van der Waals surface area contributed by atoms with Crippen LogP contribution < -0.4 is 9.46 Å². The Labute approximate surface area is 215 Å². The number of benzene rings is 2. The molecule has 0 saturated carbocycles. The first-order valence-electron chi connectivity index (χ1n) is 11.9. The van der Waals surface area contributed by atoms with Crippen molar-refractivity contribution >= 4 is 15.8 Å². The van der Waals surface area contributed by atoms with E-state index in [1.165, 1.54) is 36.5 Å². The molecule has 38 heavy (non-hydrogen) atoms. The van der Waals surface area contributed by atoms with Gasteiger partial charge in [0.25, 0.3) is 10.0 Å². The Morgan fingerprint density at radius 2 is 1.79 bits per heavy atom. The lowest BCUT2D eigenvalue weighted by atomic mass is 9.84. The minimum atomic E-state index is -4.38. The molecule has 3 heterocycles. The minimum Gasteiger partial charge on any atom is -0.493 e. The van der Waals surface area contributed by atoms with E-state index in [-0.39, 0.29) is 37.6 Å². The predicted octanol–water partition coefficient (Wildman–Crippen LogP) is 5.39. The summed E-state index contributed by atoms with van der Waals surface area (Å²) < 4.78 is 103. The van der Waals surface area contributed by atoms with Gasteiger partial charge in [0.2, 0.25) is 0 Å². The molecule has 1 aromatic heterocycles. The number of halogens is 5. The van der Waals surface area contributed by atoms with E-state index in [0.717, 1.165) is 18.5 Å². The van der Waals surface area contributed by atoms with Gasteiger partial charge in [-0.05, 0) is 49.2 Å². The molecule has 7 nitrogen and oxygen atoms in total. The molecule has 2 aromatic carbocycles. The molecule has 0 radical (unpaired) electrons. The van der Waals surface area contributed by atoms with E-state index in [9.17, 15) is 26.0 Å². The molecular formula is C25H23F5N4O3S. The van der Waals surface area contributed by atoms with Crippen LogP contribution in [0.4, 0.5) is 27.8 Å². The maximum absolute atomic E-state index is 15.3. The number of aromatic nitrogens is 2. The fourth-order valence-corrected chi connectivity index (χ4v) is 6.22. The average Bonchev–Trinajstić information content (AvgIpc) is 2.88. The fourth-order valence-electron chi connectivity index (χ4n) is 5.13. The van der Waals surface area contributed by atoms with Crippen LogP contribution in [0.5, 0.6) is 5.75 Å². The van der Waals surface area contributed by atoms with Gasteiger partial charge < -0.3 is 4.74 Å². The molecule has 3 atom stereocenters. The molecule has 5 rings (SSSR count). The van der Waals surface area contributed by atoms with Crippen molar-refractivity contribution in [3.8, 4) is 5.75 Å². The summed E-state index contributed by atoms with van der Waals surface area (Å²) in [6.45, 7) is 0.213. The van der Waals surface area contributed by atoms with E-state index in [1.807, 2.05) is 4.90 Å². The van der Waals surface area contributed by atoms with E-state index < -0.39 is 50.7 Å². The number of hydrogen-bond acceptors (Lipinski definition) is 6. The lowest BCUT2D eigenvalue weighted by Gasteiger charge is -2.46. The number of piperidine rings is 1. The third-order valence-electron chi connectivity index (χ3n) is 6.94. The van der Waals surface area contributed by atoms with Crippen LogP contribution in [0.1, 0.15) is 42.5 Å². The van der Waals surface area contributed by atoms with Crippen molar-refractivity contribution in [1.82, 2.24) is 14.9 Å².